The molecule has 4 heterocycles. The number of hydrogen-bond acceptors (Lipinski definition) is 6. The Morgan fingerprint density at radius 1 is 0.417 bits per heavy atom. The summed E-state index contributed by atoms with van der Waals surface area (Å²) < 4.78 is 0. The van der Waals surface area contributed by atoms with Crippen LogP contribution in [0.2, 0.25) is 0 Å². The van der Waals surface area contributed by atoms with Crippen molar-refractivity contribution in [3.05, 3.63) is 88.8 Å². The number of pyridine rings is 3. The minimum Gasteiger partial charge on any atom is -0.285 e. The van der Waals surface area contributed by atoms with Crippen molar-refractivity contribution in [1.29, 1.82) is 0 Å². The van der Waals surface area contributed by atoms with E-state index in [-0.39, 0.29) is 34.2 Å². The summed E-state index contributed by atoms with van der Waals surface area (Å²) in [5, 5.41) is 0. The van der Waals surface area contributed by atoms with E-state index in [1.165, 1.54) is 36.4 Å². The average molecular weight is 315 g/mol. The predicted molar refractivity (Wildman–Crippen MR) is 83.0 cm³/mol. The van der Waals surface area contributed by atoms with Crippen LogP contribution in [-0.2, 0) is 0 Å². The number of ketones is 3. The maximum absolute atomic E-state index is 12.5. The molecule has 1 aliphatic heterocycles. The monoisotopic (exact) mass is 315 g/mol. The van der Waals surface area contributed by atoms with Crippen LogP contribution in [0.25, 0.3) is 0 Å². The molecule has 0 atom stereocenters. The highest BCUT2D eigenvalue weighted by molar-refractivity contribution is 6.12. The van der Waals surface area contributed by atoms with Gasteiger partial charge in [-0.2, -0.15) is 0 Å². The fraction of sp³-hybridized carbons (Fsp3) is 0. The van der Waals surface area contributed by atoms with Crippen molar-refractivity contribution in [2.24, 2.45) is 0 Å². The highest BCUT2D eigenvalue weighted by Gasteiger charge is 2.22. The number of aromatic nitrogens is 3. The normalized spacial score (nSPS) is 13.2. The lowest BCUT2D eigenvalue weighted by Crippen LogP contribution is -2.17. The molecule has 24 heavy (non-hydrogen) atoms. The van der Waals surface area contributed by atoms with Gasteiger partial charge in [-0.1, -0.05) is 18.2 Å². The van der Waals surface area contributed by atoms with E-state index in [0.29, 0.717) is 0 Å². The van der Waals surface area contributed by atoms with Gasteiger partial charge in [0, 0.05) is 0 Å². The summed E-state index contributed by atoms with van der Waals surface area (Å²) in [4.78, 5) is 50.0. The Hall–Kier alpha value is -3.54. The van der Waals surface area contributed by atoms with Gasteiger partial charge in [0.15, 0.2) is 0 Å². The minimum atomic E-state index is -0.448. The number of carbonyl (C=O) groups excluding carboxylic acids is 3. The van der Waals surface area contributed by atoms with Crippen LogP contribution >= 0.6 is 0 Å². The quantitative estimate of drug-likeness (QED) is 0.492. The van der Waals surface area contributed by atoms with Gasteiger partial charge in [0.25, 0.3) is 0 Å². The lowest BCUT2D eigenvalue weighted by atomic mass is 10.1. The summed E-state index contributed by atoms with van der Waals surface area (Å²) in [6.07, 6.45) is 0. The molecule has 1 aliphatic rings. The predicted octanol–water partition coefficient (Wildman–Crippen LogP) is 1.88. The van der Waals surface area contributed by atoms with E-state index in [2.05, 4.69) is 15.0 Å². The van der Waals surface area contributed by atoms with Gasteiger partial charge in [-0.05, 0) is 36.4 Å². The van der Waals surface area contributed by atoms with Crippen LogP contribution in [0.3, 0.4) is 0 Å². The van der Waals surface area contributed by atoms with E-state index in [1.54, 1.807) is 18.2 Å². The van der Waals surface area contributed by atoms with E-state index in [0.717, 1.165) is 0 Å². The van der Waals surface area contributed by atoms with Gasteiger partial charge in [0.1, 0.15) is 34.2 Å². The Labute approximate surface area is 136 Å². The fourth-order valence-electron chi connectivity index (χ4n) is 2.46. The number of rotatable bonds is 0. The zero-order chi connectivity index (χ0) is 16.7. The first-order valence-electron chi connectivity index (χ1n) is 7.19. The molecule has 3 aromatic heterocycles. The van der Waals surface area contributed by atoms with Crippen LogP contribution in [0.15, 0.2) is 54.6 Å². The van der Waals surface area contributed by atoms with Gasteiger partial charge in [-0.15, -0.1) is 0 Å². The van der Waals surface area contributed by atoms with Crippen molar-refractivity contribution in [2.45, 2.75) is 0 Å². The van der Waals surface area contributed by atoms with Crippen molar-refractivity contribution in [1.82, 2.24) is 15.0 Å². The fourth-order valence-corrected chi connectivity index (χ4v) is 2.46. The van der Waals surface area contributed by atoms with E-state index in [9.17, 15) is 14.4 Å². The Kier molecular flexibility index (Phi) is 3.09. The topological polar surface area (TPSA) is 89.9 Å². The number of nitrogens with zero attached hydrogens (tertiary/aromatic N) is 3. The van der Waals surface area contributed by atoms with Gasteiger partial charge >= 0.3 is 0 Å². The molecular weight excluding hydrogens is 306 g/mol. The number of hydrogen-bond donors (Lipinski definition) is 0. The second kappa shape index (κ2) is 5.27. The van der Waals surface area contributed by atoms with Crippen molar-refractivity contribution < 1.29 is 14.4 Å². The van der Waals surface area contributed by atoms with Crippen molar-refractivity contribution in [2.75, 3.05) is 0 Å². The van der Waals surface area contributed by atoms with Crippen LogP contribution in [-0.4, -0.2) is 32.3 Å². The zero-order valence-electron chi connectivity index (χ0n) is 12.3. The first-order chi connectivity index (χ1) is 11.6. The number of fused-ring (bicyclic) bond motifs is 6. The third-order valence-corrected chi connectivity index (χ3v) is 3.64. The highest BCUT2D eigenvalue weighted by atomic mass is 16.1. The Morgan fingerprint density at radius 2 is 0.625 bits per heavy atom. The Bertz CT molecular complexity index is 832. The average Bonchev–Trinajstić information content (AvgIpc) is 2.66. The van der Waals surface area contributed by atoms with Crippen molar-refractivity contribution in [3.8, 4) is 0 Å². The molecule has 0 amide bonds. The van der Waals surface area contributed by atoms with Crippen LogP contribution in [0, 0.1) is 0 Å². The van der Waals surface area contributed by atoms with Gasteiger partial charge in [-0.3, -0.25) is 14.4 Å². The lowest BCUT2D eigenvalue weighted by molar-refractivity contribution is 0.102. The van der Waals surface area contributed by atoms with E-state index in [1.807, 2.05) is 0 Å². The molecule has 6 nitrogen and oxygen atoms in total. The Balaban J connectivity index is 2.03. The maximum Gasteiger partial charge on any atom is 0.229 e. The lowest BCUT2D eigenvalue weighted by Gasteiger charge is -2.08. The van der Waals surface area contributed by atoms with Gasteiger partial charge in [-0.25, -0.2) is 15.0 Å². The van der Waals surface area contributed by atoms with Gasteiger partial charge in [0.2, 0.25) is 17.3 Å². The minimum absolute atomic E-state index is 0.0923. The second-order valence-electron chi connectivity index (χ2n) is 5.21. The van der Waals surface area contributed by atoms with Gasteiger partial charge < -0.3 is 0 Å². The second-order valence-corrected chi connectivity index (χ2v) is 5.21. The van der Waals surface area contributed by atoms with Crippen LogP contribution in [0.5, 0.6) is 0 Å². The molecule has 0 N–H and O–H groups in total. The van der Waals surface area contributed by atoms with Crippen molar-refractivity contribution >= 4 is 17.3 Å². The molecule has 0 unspecified atom stereocenters. The summed E-state index contributed by atoms with van der Waals surface area (Å²) in [5.41, 5.74) is 0.554. The molecule has 6 bridgehead atoms. The molecule has 3 aromatic rings. The highest BCUT2D eigenvalue weighted by Crippen LogP contribution is 2.14. The summed E-state index contributed by atoms with van der Waals surface area (Å²) in [6, 6.07) is 13.8. The summed E-state index contributed by atoms with van der Waals surface area (Å²) in [7, 11) is 0. The summed E-state index contributed by atoms with van der Waals surface area (Å²) in [5.74, 6) is -1.34. The molecule has 0 saturated heterocycles. The number of carbonyl (C=O) groups is 3. The van der Waals surface area contributed by atoms with Gasteiger partial charge in [0.05, 0.1) is 0 Å². The molecule has 0 aliphatic carbocycles. The van der Waals surface area contributed by atoms with Crippen LogP contribution in [0.1, 0.15) is 48.5 Å². The third-order valence-electron chi connectivity index (χ3n) is 3.64. The van der Waals surface area contributed by atoms with E-state index >= 15 is 0 Å². The zero-order valence-corrected chi connectivity index (χ0v) is 12.3. The molecule has 0 saturated carbocycles. The van der Waals surface area contributed by atoms with Crippen molar-refractivity contribution in [3.63, 3.8) is 0 Å². The molecule has 0 radical (unpaired) electrons. The summed E-state index contributed by atoms with van der Waals surface area (Å²) in [6.45, 7) is 0. The van der Waals surface area contributed by atoms with Crippen LogP contribution in [0.4, 0.5) is 0 Å². The third kappa shape index (κ3) is 2.21. The molecule has 0 aromatic carbocycles. The standard InChI is InChI=1S/C18H9N3O3/c22-16-10-4-1-5-11(19-10)17(23)13-7-3-9-15(21-13)18(24)14-8-2-6-12(16)20-14/h1-9H. The molecule has 6 heteroatoms. The first kappa shape index (κ1) is 14.1. The molecule has 0 fully saturated rings. The largest absolute Gasteiger partial charge is 0.285 e. The molecule has 114 valence electrons. The maximum atomic E-state index is 12.5. The van der Waals surface area contributed by atoms with E-state index < -0.39 is 17.3 Å². The molecule has 4 rings (SSSR count). The Morgan fingerprint density at radius 3 is 0.833 bits per heavy atom. The molecule has 0 spiro atoms. The van der Waals surface area contributed by atoms with Crippen LogP contribution < -0.4 is 0 Å². The summed E-state index contributed by atoms with van der Waals surface area (Å²) >= 11 is 0. The van der Waals surface area contributed by atoms with E-state index in [4.69, 9.17) is 0 Å². The smallest absolute Gasteiger partial charge is 0.229 e. The first-order valence-corrected chi connectivity index (χ1v) is 7.19. The molecular formula is C18H9N3O3. The SMILES string of the molecule is O=C1c2cccc(n2)C(=O)c2cccc(n2)C(=O)c2cccc1n2.